The van der Waals surface area contributed by atoms with Crippen molar-refractivity contribution in [1.29, 1.82) is 0 Å². The highest BCUT2D eigenvalue weighted by atomic mass is 16.1. The minimum absolute atomic E-state index is 0.181. The lowest BCUT2D eigenvalue weighted by Gasteiger charge is -2.31. The molecule has 104 valence electrons. The predicted molar refractivity (Wildman–Crippen MR) is 77.7 cm³/mol. The van der Waals surface area contributed by atoms with E-state index in [4.69, 9.17) is 0 Å². The smallest absolute Gasteiger partial charge is 0.155 e. The zero-order valence-electron chi connectivity index (χ0n) is 11.8. The van der Waals surface area contributed by atoms with Gasteiger partial charge in [-0.25, -0.2) is 10.4 Å². The maximum atomic E-state index is 12.3. The van der Waals surface area contributed by atoms with Gasteiger partial charge in [-0.2, -0.15) is 0 Å². The average molecular weight is 260 g/mol. The Morgan fingerprint density at radius 2 is 1.89 bits per heavy atom. The first-order valence-electron chi connectivity index (χ1n) is 7.40. The Labute approximate surface area is 116 Å². The highest BCUT2D eigenvalue weighted by Crippen LogP contribution is 2.18. The number of piperidine rings is 1. The Morgan fingerprint density at radius 1 is 1.21 bits per heavy atom. The van der Waals surface area contributed by atoms with Crippen LogP contribution in [0.15, 0.2) is 30.3 Å². The van der Waals surface area contributed by atoms with E-state index in [-0.39, 0.29) is 6.04 Å². The van der Waals surface area contributed by atoms with Gasteiger partial charge in [0.15, 0.2) is 5.78 Å². The molecule has 1 fully saturated rings. The highest BCUT2D eigenvalue weighted by Gasteiger charge is 2.22. The van der Waals surface area contributed by atoms with Crippen LogP contribution in [0.3, 0.4) is 0 Å². The van der Waals surface area contributed by atoms with Crippen LogP contribution in [0.25, 0.3) is 0 Å². The van der Waals surface area contributed by atoms with Crippen LogP contribution < -0.4 is 5.43 Å². The van der Waals surface area contributed by atoms with Gasteiger partial charge in [-0.15, -0.1) is 0 Å². The van der Waals surface area contributed by atoms with Crippen LogP contribution in [0.2, 0.25) is 0 Å². The van der Waals surface area contributed by atoms with Crippen molar-refractivity contribution in [2.24, 2.45) is 0 Å². The molecule has 19 heavy (non-hydrogen) atoms. The molecule has 3 heteroatoms. The summed E-state index contributed by atoms with van der Waals surface area (Å²) in [6, 6.07) is 9.88. The van der Waals surface area contributed by atoms with Gasteiger partial charge >= 0.3 is 0 Å². The molecule has 1 unspecified atom stereocenters. The molecule has 0 amide bonds. The Hall–Kier alpha value is -1.19. The molecule has 2 rings (SSSR count). The van der Waals surface area contributed by atoms with Crippen molar-refractivity contribution >= 4 is 5.78 Å². The molecule has 1 N–H and O–H groups in total. The van der Waals surface area contributed by atoms with E-state index in [0.29, 0.717) is 12.2 Å². The monoisotopic (exact) mass is 260 g/mol. The Kier molecular flexibility index (Phi) is 5.55. The summed E-state index contributed by atoms with van der Waals surface area (Å²) < 4.78 is 0. The second-order valence-electron chi connectivity index (χ2n) is 5.24. The maximum absolute atomic E-state index is 12.3. The molecule has 1 aliphatic heterocycles. The number of nitrogens with zero attached hydrogens (tertiary/aromatic N) is 1. The summed E-state index contributed by atoms with van der Waals surface area (Å²) in [4.78, 5) is 12.3. The van der Waals surface area contributed by atoms with Crippen molar-refractivity contribution in [3.63, 3.8) is 0 Å². The number of Topliss-reactive ketones (excluding diaryl/α,β-unsaturated/α-hetero) is 1. The largest absolute Gasteiger partial charge is 0.297 e. The van der Waals surface area contributed by atoms with Crippen molar-refractivity contribution in [3.05, 3.63) is 35.9 Å². The standard InChI is InChI=1S/C16H24N2O/c1-2-9-15(19)16(14-10-5-3-6-11-14)17-18-12-7-4-8-13-18/h3,5-6,10-11,16-17H,2,4,7-9,12-13H2,1H3. The van der Waals surface area contributed by atoms with Crippen molar-refractivity contribution < 1.29 is 4.79 Å². The van der Waals surface area contributed by atoms with Gasteiger partial charge in [-0.05, 0) is 24.8 Å². The Morgan fingerprint density at radius 3 is 2.53 bits per heavy atom. The van der Waals surface area contributed by atoms with Crippen molar-refractivity contribution in [2.75, 3.05) is 13.1 Å². The number of hydrogen-bond acceptors (Lipinski definition) is 3. The molecular weight excluding hydrogens is 236 g/mol. The Bertz CT molecular complexity index is 385. The molecule has 0 saturated carbocycles. The van der Waals surface area contributed by atoms with Gasteiger partial charge in [0.1, 0.15) is 6.04 Å². The van der Waals surface area contributed by atoms with Gasteiger partial charge in [0.2, 0.25) is 0 Å². The number of ketones is 1. The van der Waals surface area contributed by atoms with Gasteiger partial charge in [-0.1, -0.05) is 43.7 Å². The number of hydrazine groups is 1. The van der Waals surface area contributed by atoms with Crippen LogP contribution in [-0.4, -0.2) is 23.9 Å². The third-order valence-electron chi connectivity index (χ3n) is 3.62. The first-order valence-corrected chi connectivity index (χ1v) is 7.40. The molecule has 1 aromatic carbocycles. The van der Waals surface area contributed by atoms with E-state index in [1.54, 1.807) is 0 Å². The van der Waals surface area contributed by atoms with Crippen LogP contribution in [0.5, 0.6) is 0 Å². The SMILES string of the molecule is CCCC(=O)C(NN1CCCCC1)c1ccccc1. The second-order valence-corrected chi connectivity index (χ2v) is 5.24. The molecule has 1 atom stereocenters. The van der Waals surface area contributed by atoms with Crippen LogP contribution in [-0.2, 0) is 4.79 Å². The summed E-state index contributed by atoms with van der Waals surface area (Å²) in [6.07, 6.45) is 5.29. The second kappa shape index (κ2) is 7.41. The summed E-state index contributed by atoms with van der Waals surface area (Å²) in [5.74, 6) is 0.291. The third kappa shape index (κ3) is 4.15. The number of rotatable bonds is 6. The molecule has 0 aliphatic carbocycles. The summed E-state index contributed by atoms with van der Waals surface area (Å²) in [7, 11) is 0. The van der Waals surface area contributed by atoms with E-state index in [2.05, 4.69) is 17.4 Å². The number of hydrogen-bond donors (Lipinski definition) is 1. The summed E-state index contributed by atoms with van der Waals surface area (Å²) >= 11 is 0. The lowest BCUT2D eigenvalue weighted by atomic mass is 10.0. The normalized spacial score (nSPS) is 18.2. The lowest BCUT2D eigenvalue weighted by Crippen LogP contribution is -2.45. The topological polar surface area (TPSA) is 32.3 Å². The van der Waals surface area contributed by atoms with Crippen LogP contribution in [0.1, 0.15) is 50.6 Å². The number of nitrogens with one attached hydrogen (secondary N) is 1. The zero-order chi connectivity index (χ0) is 13.5. The van der Waals surface area contributed by atoms with Gasteiger partial charge < -0.3 is 0 Å². The Balaban J connectivity index is 2.07. The molecule has 1 saturated heterocycles. The van der Waals surface area contributed by atoms with Crippen molar-refractivity contribution in [1.82, 2.24) is 10.4 Å². The summed E-state index contributed by atoms with van der Waals surface area (Å²) in [5.41, 5.74) is 4.52. The van der Waals surface area contributed by atoms with E-state index < -0.39 is 0 Å². The van der Waals surface area contributed by atoms with E-state index in [9.17, 15) is 4.79 Å². The fourth-order valence-electron chi connectivity index (χ4n) is 2.57. The summed E-state index contributed by atoms with van der Waals surface area (Å²) in [5, 5.41) is 2.22. The molecule has 1 aromatic rings. The maximum Gasteiger partial charge on any atom is 0.155 e. The van der Waals surface area contributed by atoms with Gasteiger partial charge in [0, 0.05) is 19.5 Å². The highest BCUT2D eigenvalue weighted by molar-refractivity contribution is 5.85. The summed E-state index contributed by atoms with van der Waals surface area (Å²) in [6.45, 7) is 4.15. The molecular formula is C16H24N2O. The fourth-order valence-corrected chi connectivity index (χ4v) is 2.57. The number of carbonyl (C=O) groups excluding carboxylic acids is 1. The number of benzene rings is 1. The van der Waals surface area contributed by atoms with Crippen molar-refractivity contribution in [2.45, 2.75) is 45.1 Å². The minimum Gasteiger partial charge on any atom is -0.297 e. The first kappa shape index (κ1) is 14.2. The van der Waals surface area contributed by atoms with Crippen LogP contribution in [0, 0.1) is 0 Å². The van der Waals surface area contributed by atoms with Gasteiger partial charge in [0.25, 0.3) is 0 Å². The number of carbonyl (C=O) groups is 1. The minimum atomic E-state index is -0.181. The molecule has 1 heterocycles. The van der Waals surface area contributed by atoms with Crippen LogP contribution >= 0.6 is 0 Å². The average Bonchev–Trinajstić information content (AvgIpc) is 2.47. The van der Waals surface area contributed by atoms with Gasteiger partial charge in [0.05, 0.1) is 0 Å². The molecule has 3 nitrogen and oxygen atoms in total. The molecule has 0 radical (unpaired) electrons. The third-order valence-corrected chi connectivity index (χ3v) is 3.62. The van der Waals surface area contributed by atoms with E-state index >= 15 is 0 Å². The predicted octanol–water partition coefficient (Wildman–Crippen LogP) is 3.09. The first-order chi connectivity index (χ1) is 9.31. The van der Waals surface area contributed by atoms with E-state index in [0.717, 1.165) is 25.1 Å². The van der Waals surface area contributed by atoms with Crippen LogP contribution in [0.4, 0.5) is 0 Å². The zero-order valence-corrected chi connectivity index (χ0v) is 11.8. The fraction of sp³-hybridized carbons (Fsp3) is 0.562. The van der Waals surface area contributed by atoms with Gasteiger partial charge in [-0.3, -0.25) is 4.79 Å². The van der Waals surface area contributed by atoms with E-state index in [1.165, 1.54) is 19.3 Å². The molecule has 1 aliphatic rings. The van der Waals surface area contributed by atoms with Crippen molar-refractivity contribution in [3.8, 4) is 0 Å². The molecule has 0 aromatic heterocycles. The quantitative estimate of drug-likeness (QED) is 0.853. The molecule has 0 spiro atoms. The lowest BCUT2D eigenvalue weighted by molar-refractivity contribution is -0.122. The molecule has 0 bridgehead atoms. The van der Waals surface area contributed by atoms with E-state index in [1.807, 2.05) is 30.3 Å².